The second kappa shape index (κ2) is 6.61. The van der Waals surface area contributed by atoms with Gasteiger partial charge in [0.05, 0.1) is 0 Å². The number of carbonyl (C=O) groups is 1. The molecule has 0 aliphatic carbocycles. The SMILES string of the molecule is CN1CC(c2ccc(/C=C/c3ccccc3)cc2)CCC1=O. The van der Waals surface area contributed by atoms with E-state index >= 15 is 0 Å². The minimum absolute atomic E-state index is 0.263. The van der Waals surface area contributed by atoms with Crippen molar-refractivity contribution in [3.63, 3.8) is 0 Å². The van der Waals surface area contributed by atoms with Gasteiger partial charge in [-0.05, 0) is 23.1 Å². The van der Waals surface area contributed by atoms with Crippen LogP contribution in [0.25, 0.3) is 12.2 Å². The van der Waals surface area contributed by atoms with Crippen LogP contribution >= 0.6 is 0 Å². The lowest BCUT2D eigenvalue weighted by molar-refractivity contribution is -0.132. The molecule has 3 rings (SSSR count). The largest absolute Gasteiger partial charge is 0.345 e. The summed E-state index contributed by atoms with van der Waals surface area (Å²) in [5.41, 5.74) is 3.74. The number of nitrogens with zero attached hydrogens (tertiary/aromatic N) is 1. The van der Waals surface area contributed by atoms with Gasteiger partial charge in [0.1, 0.15) is 0 Å². The standard InChI is InChI=1S/C20H21NO/c1-21-15-19(13-14-20(21)22)18-11-9-17(10-12-18)8-7-16-5-3-2-4-6-16/h2-12,19H,13-15H2,1H3/b8-7+. The number of likely N-dealkylation sites (tertiary alicyclic amines) is 1. The zero-order chi connectivity index (χ0) is 15.4. The van der Waals surface area contributed by atoms with Crippen LogP contribution in [0, 0.1) is 0 Å². The van der Waals surface area contributed by atoms with Gasteiger partial charge in [-0.3, -0.25) is 4.79 Å². The molecular formula is C20H21NO. The Hall–Kier alpha value is -2.35. The Morgan fingerprint density at radius 3 is 2.23 bits per heavy atom. The zero-order valence-corrected chi connectivity index (χ0v) is 12.9. The van der Waals surface area contributed by atoms with Crippen LogP contribution in [0.2, 0.25) is 0 Å². The number of hydrogen-bond donors (Lipinski definition) is 0. The third kappa shape index (κ3) is 3.45. The summed E-state index contributed by atoms with van der Waals surface area (Å²) in [6, 6.07) is 19.0. The van der Waals surface area contributed by atoms with E-state index in [-0.39, 0.29) is 5.91 Å². The van der Waals surface area contributed by atoms with E-state index in [0.717, 1.165) is 13.0 Å². The zero-order valence-electron chi connectivity index (χ0n) is 12.9. The predicted octanol–water partition coefficient (Wildman–Crippen LogP) is 4.19. The molecule has 1 unspecified atom stereocenters. The van der Waals surface area contributed by atoms with Gasteiger partial charge in [-0.15, -0.1) is 0 Å². The molecule has 1 saturated heterocycles. The summed E-state index contributed by atoms with van der Waals surface area (Å²) in [6.45, 7) is 0.831. The van der Waals surface area contributed by atoms with Crippen molar-refractivity contribution in [1.29, 1.82) is 0 Å². The maximum Gasteiger partial charge on any atom is 0.222 e. The van der Waals surface area contributed by atoms with Gasteiger partial charge in [-0.1, -0.05) is 66.7 Å². The number of benzene rings is 2. The molecule has 0 aromatic heterocycles. The maximum atomic E-state index is 11.6. The monoisotopic (exact) mass is 291 g/mol. The normalized spacial score (nSPS) is 18.9. The van der Waals surface area contributed by atoms with Gasteiger partial charge in [0.15, 0.2) is 0 Å². The first-order valence-corrected chi connectivity index (χ1v) is 7.79. The Balaban J connectivity index is 1.68. The average Bonchev–Trinajstić information content (AvgIpc) is 2.57. The molecule has 0 saturated carbocycles. The average molecular weight is 291 g/mol. The van der Waals surface area contributed by atoms with Crippen LogP contribution in [0.4, 0.5) is 0 Å². The van der Waals surface area contributed by atoms with Crippen molar-refractivity contribution in [1.82, 2.24) is 4.90 Å². The quantitative estimate of drug-likeness (QED) is 0.776. The van der Waals surface area contributed by atoms with Crippen LogP contribution < -0.4 is 0 Å². The Bertz CT molecular complexity index is 658. The summed E-state index contributed by atoms with van der Waals surface area (Å²) >= 11 is 0. The number of rotatable bonds is 3. The molecule has 1 aliphatic heterocycles. The number of carbonyl (C=O) groups excluding carboxylic acids is 1. The molecule has 2 aromatic rings. The van der Waals surface area contributed by atoms with Crippen LogP contribution in [0.3, 0.4) is 0 Å². The molecule has 0 N–H and O–H groups in total. The van der Waals surface area contributed by atoms with Crippen molar-refractivity contribution in [2.45, 2.75) is 18.8 Å². The van der Waals surface area contributed by atoms with Crippen molar-refractivity contribution in [2.24, 2.45) is 0 Å². The third-order valence-electron chi connectivity index (χ3n) is 4.30. The maximum absolute atomic E-state index is 11.6. The first-order chi connectivity index (χ1) is 10.7. The van der Waals surface area contributed by atoms with Crippen LogP contribution in [-0.2, 0) is 4.79 Å². The van der Waals surface area contributed by atoms with Crippen LogP contribution in [-0.4, -0.2) is 24.4 Å². The Morgan fingerprint density at radius 2 is 1.59 bits per heavy atom. The molecule has 1 heterocycles. The van der Waals surface area contributed by atoms with E-state index in [1.807, 2.05) is 30.1 Å². The predicted molar refractivity (Wildman–Crippen MR) is 91.4 cm³/mol. The molecule has 2 aromatic carbocycles. The van der Waals surface area contributed by atoms with Gasteiger partial charge < -0.3 is 4.90 Å². The second-order valence-electron chi connectivity index (χ2n) is 5.92. The summed E-state index contributed by atoms with van der Waals surface area (Å²) < 4.78 is 0. The van der Waals surface area contributed by atoms with Gasteiger partial charge in [-0.25, -0.2) is 0 Å². The molecular weight excluding hydrogens is 270 g/mol. The lowest BCUT2D eigenvalue weighted by atomic mass is 9.90. The molecule has 1 atom stereocenters. The summed E-state index contributed by atoms with van der Waals surface area (Å²) in [7, 11) is 1.89. The van der Waals surface area contributed by atoms with Crippen molar-refractivity contribution in [3.8, 4) is 0 Å². The lowest BCUT2D eigenvalue weighted by Crippen LogP contribution is -2.35. The molecule has 22 heavy (non-hydrogen) atoms. The Labute approximate surface area is 132 Å². The van der Waals surface area contributed by atoms with E-state index < -0.39 is 0 Å². The number of piperidine rings is 1. The first-order valence-electron chi connectivity index (χ1n) is 7.79. The van der Waals surface area contributed by atoms with Crippen molar-refractivity contribution in [2.75, 3.05) is 13.6 Å². The fourth-order valence-electron chi connectivity index (χ4n) is 2.92. The highest BCUT2D eigenvalue weighted by Gasteiger charge is 2.23. The molecule has 1 amide bonds. The fraction of sp³-hybridized carbons (Fsp3) is 0.250. The van der Waals surface area contributed by atoms with E-state index in [1.165, 1.54) is 16.7 Å². The highest BCUT2D eigenvalue weighted by Crippen LogP contribution is 2.27. The number of hydrogen-bond acceptors (Lipinski definition) is 1. The van der Waals surface area contributed by atoms with Crippen molar-refractivity contribution in [3.05, 3.63) is 71.3 Å². The first kappa shape index (κ1) is 14.6. The molecule has 0 spiro atoms. The van der Waals surface area contributed by atoms with E-state index in [2.05, 4.69) is 48.6 Å². The number of likely N-dealkylation sites (N-methyl/N-ethyl adjacent to an activating group) is 1. The van der Waals surface area contributed by atoms with Crippen molar-refractivity contribution >= 4 is 18.1 Å². The summed E-state index contributed by atoms with van der Waals surface area (Å²) in [4.78, 5) is 13.4. The topological polar surface area (TPSA) is 20.3 Å². The second-order valence-corrected chi connectivity index (χ2v) is 5.92. The lowest BCUT2D eigenvalue weighted by Gasteiger charge is -2.29. The minimum atomic E-state index is 0.263. The van der Waals surface area contributed by atoms with Crippen LogP contribution in [0.5, 0.6) is 0 Å². The van der Waals surface area contributed by atoms with Crippen LogP contribution in [0.1, 0.15) is 35.4 Å². The number of amides is 1. The summed E-state index contributed by atoms with van der Waals surface area (Å²) in [5, 5.41) is 0. The van der Waals surface area contributed by atoms with Gasteiger partial charge in [0.25, 0.3) is 0 Å². The highest BCUT2D eigenvalue weighted by molar-refractivity contribution is 5.77. The van der Waals surface area contributed by atoms with Gasteiger partial charge in [0.2, 0.25) is 5.91 Å². The van der Waals surface area contributed by atoms with Gasteiger partial charge in [-0.2, -0.15) is 0 Å². The van der Waals surface area contributed by atoms with Crippen molar-refractivity contribution < 1.29 is 4.79 Å². The Morgan fingerprint density at radius 1 is 0.955 bits per heavy atom. The molecule has 112 valence electrons. The van der Waals surface area contributed by atoms with E-state index in [4.69, 9.17) is 0 Å². The van der Waals surface area contributed by atoms with E-state index in [9.17, 15) is 4.79 Å². The molecule has 0 bridgehead atoms. The van der Waals surface area contributed by atoms with E-state index in [0.29, 0.717) is 12.3 Å². The third-order valence-corrected chi connectivity index (χ3v) is 4.30. The summed E-state index contributed by atoms with van der Waals surface area (Å²) in [6.07, 6.45) is 5.89. The molecule has 1 aliphatic rings. The minimum Gasteiger partial charge on any atom is -0.345 e. The van der Waals surface area contributed by atoms with Gasteiger partial charge in [0, 0.05) is 25.9 Å². The smallest absolute Gasteiger partial charge is 0.222 e. The molecule has 2 nitrogen and oxygen atoms in total. The Kier molecular flexibility index (Phi) is 4.38. The fourth-order valence-corrected chi connectivity index (χ4v) is 2.92. The summed E-state index contributed by atoms with van der Waals surface area (Å²) in [5.74, 6) is 0.730. The molecule has 1 fully saturated rings. The van der Waals surface area contributed by atoms with Gasteiger partial charge >= 0.3 is 0 Å². The highest BCUT2D eigenvalue weighted by atomic mass is 16.2. The van der Waals surface area contributed by atoms with E-state index in [1.54, 1.807) is 0 Å². The van der Waals surface area contributed by atoms with Crippen LogP contribution in [0.15, 0.2) is 54.6 Å². The molecule has 2 heteroatoms. The molecule has 0 radical (unpaired) electrons.